The summed E-state index contributed by atoms with van der Waals surface area (Å²) in [6.07, 6.45) is 1.51. The van der Waals surface area contributed by atoms with E-state index in [1.165, 1.54) is 6.20 Å². The van der Waals surface area contributed by atoms with Gasteiger partial charge in [0.2, 0.25) is 0 Å². The molecule has 0 saturated carbocycles. The molecule has 8 heteroatoms. The number of nitrogens with zero attached hydrogens (tertiary/aromatic N) is 3. The zero-order valence-corrected chi connectivity index (χ0v) is 16.2. The summed E-state index contributed by atoms with van der Waals surface area (Å²) in [4.78, 5) is 28.4. The van der Waals surface area contributed by atoms with Crippen LogP contribution in [0.25, 0.3) is 0 Å². The van der Waals surface area contributed by atoms with Crippen LogP contribution in [0, 0.1) is 13.8 Å². The van der Waals surface area contributed by atoms with Crippen LogP contribution < -0.4 is 5.32 Å². The fraction of sp³-hybridized carbons (Fsp3) is 0.200. The molecule has 0 fully saturated rings. The molecule has 144 valence electrons. The van der Waals surface area contributed by atoms with E-state index in [-0.39, 0.29) is 5.15 Å². The summed E-state index contributed by atoms with van der Waals surface area (Å²) in [6.45, 7) is 3.64. The van der Waals surface area contributed by atoms with Crippen molar-refractivity contribution >= 4 is 29.2 Å². The zero-order chi connectivity index (χ0) is 20.1. The van der Waals surface area contributed by atoms with Gasteiger partial charge in [-0.05, 0) is 31.5 Å². The third kappa shape index (κ3) is 4.55. The molecule has 3 aromatic rings. The van der Waals surface area contributed by atoms with Crippen LogP contribution in [0.2, 0.25) is 5.15 Å². The Hall–Kier alpha value is -3.19. The number of pyridine rings is 1. The molecule has 0 aliphatic heterocycles. The minimum Gasteiger partial charge on any atom is -0.452 e. The van der Waals surface area contributed by atoms with Crippen molar-refractivity contribution in [1.82, 2.24) is 14.8 Å². The number of carbonyl (C=O) groups is 2. The van der Waals surface area contributed by atoms with E-state index in [1.807, 2.05) is 30.3 Å². The second kappa shape index (κ2) is 8.67. The van der Waals surface area contributed by atoms with Crippen molar-refractivity contribution in [3.05, 3.63) is 76.3 Å². The molecule has 0 aliphatic carbocycles. The van der Waals surface area contributed by atoms with E-state index in [9.17, 15) is 9.59 Å². The maximum atomic E-state index is 12.5. The summed E-state index contributed by atoms with van der Waals surface area (Å²) in [5.41, 5.74) is 3.02. The molecule has 1 N–H and O–H groups in total. The van der Waals surface area contributed by atoms with E-state index in [0.29, 0.717) is 29.2 Å². The summed E-state index contributed by atoms with van der Waals surface area (Å²) in [5, 5.41) is 7.14. The van der Waals surface area contributed by atoms with Gasteiger partial charge in [0, 0.05) is 6.20 Å². The molecule has 0 unspecified atom stereocenters. The third-order valence-electron chi connectivity index (χ3n) is 4.13. The standard InChI is InChI=1S/C20H19ClN4O3/c1-13-18(14(2)25(24-13)11-15-7-4-3-5-8-15)20(27)28-12-17(26)23-16-9-6-10-22-19(16)21/h3-10H,11-12H2,1-2H3,(H,23,26). The van der Waals surface area contributed by atoms with Gasteiger partial charge in [-0.2, -0.15) is 5.10 Å². The molecule has 0 spiro atoms. The summed E-state index contributed by atoms with van der Waals surface area (Å²) in [6, 6.07) is 13.1. The van der Waals surface area contributed by atoms with Crippen molar-refractivity contribution in [3.8, 4) is 0 Å². The fourth-order valence-corrected chi connectivity index (χ4v) is 2.94. The second-order valence-corrected chi connectivity index (χ2v) is 6.51. The van der Waals surface area contributed by atoms with E-state index < -0.39 is 18.5 Å². The fourth-order valence-electron chi connectivity index (χ4n) is 2.77. The van der Waals surface area contributed by atoms with Gasteiger partial charge < -0.3 is 10.1 Å². The number of esters is 1. The maximum Gasteiger partial charge on any atom is 0.342 e. The molecular weight excluding hydrogens is 380 g/mol. The molecule has 0 aliphatic rings. The second-order valence-electron chi connectivity index (χ2n) is 6.16. The zero-order valence-electron chi connectivity index (χ0n) is 15.5. The first-order valence-corrected chi connectivity index (χ1v) is 8.99. The van der Waals surface area contributed by atoms with Crippen LogP contribution in [0.5, 0.6) is 0 Å². The van der Waals surface area contributed by atoms with E-state index in [2.05, 4.69) is 15.4 Å². The molecule has 0 bridgehead atoms. The number of hydrogen-bond acceptors (Lipinski definition) is 5. The Morgan fingerprint density at radius 1 is 1.14 bits per heavy atom. The average Bonchev–Trinajstić information content (AvgIpc) is 2.96. The molecule has 0 atom stereocenters. The molecule has 1 amide bonds. The molecule has 2 aromatic heterocycles. The topological polar surface area (TPSA) is 86.1 Å². The predicted molar refractivity (Wildman–Crippen MR) is 105 cm³/mol. The van der Waals surface area contributed by atoms with Gasteiger partial charge >= 0.3 is 5.97 Å². The number of aryl methyl sites for hydroxylation is 1. The Kier molecular flexibility index (Phi) is 6.06. The SMILES string of the molecule is Cc1nn(Cc2ccccc2)c(C)c1C(=O)OCC(=O)Nc1cccnc1Cl. The first-order chi connectivity index (χ1) is 13.5. The lowest BCUT2D eigenvalue weighted by Gasteiger charge is -2.08. The molecule has 28 heavy (non-hydrogen) atoms. The Bertz CT molecular complexity index is 1000. The van der Waals surface area contributed by atoms with Crippen LogP contribution in [-0.2, 0) is 16.1 Å². The van der Waals surface area contributed by atoms with E-state index >= 15 is 0 Å². The molecule has 2 heterocycles. The van der Waals surface area contributed by atoms with Gasteiger partial charge in [0.15, 0.2) is 11.8 Å². The average molecular weight is 399 g/mol. The van der Waals surface area contributed by atoms with E-state index in [1.54, 1.807) is 30.7 Å². The van der Waals surface area contributed by atoms with Gasteiger partial charge in [0.25, 0.3) is 5.91 Å². The largest absolute Gasteiger partial charge is 0.452 e. The van der Waals surface area contributed by atoms with E-state index in [0.717, 1.165) is 5.56 Å². The lowest BCUT2D eigenvalue weighted by molar-refractivity contribution is -0.119. The van der Waals surface area contributed by atoms with Crippen molar-refractivity contribution in [2.75, 3.05) is 11.9 Å². The van der Waals surface area contributed by atoms with Crippen LogP contribution in [0.4, 0.5) is 5.69 Å². The normalized spacial score (nSPS) is 10.5. The number of halogens is 1. The molecule has 0 radical (unpaired) electrons. The van der Waals surface area contributed by atoms with Gasteiger partial charge in [-0.25, -0.2) is 9.78 Å². The van der Waals surface area contributed by atoms with Crippen LogP contribution in [0.3, 0.4) is 0 Å². The van der Waals surface area contributed by atoms with Crippen molar-refractivity contribution in [1.29, 1.82) is 0 Å². The third-order valence-corrected chi connectivity index (χ3v) is 4.43. The lowest BCUT2D eigenvalue weighted by atomic mass is 10.2. The Labute approximate surface area is 167 Å². The molecule has 1 aromatic carbocycles. The predicted octanol–water partition coefficient (Wildman–Crippen LogP) is 3.39. The number of hydrogen-bond donors (Lipinski definition) is 1. The number of anilines is 1. The first-order valence-electron chi connectivity index (χ1n) is 8.61. The van der Waals surface area contributed by atoms with Crippen molar-refractivity contribution in [2.24, 2.45) is 0 Å². The highest BCUT2D eigenvalue weighted by atomic mass is 35.5. The number of aromatic nitrogens is 3. The van der Waals surface area contributed by atoms with Crippen LogP contribution in [-0.4, -0.2) is 33.2 Å². The Morgan fingerprint density at radius 3 is 2.61 bits per heavy atom. The number of rotatable bonds is 6. The monoisotopic (exact) mass is 398 g/mol. The minimum absolute atomic E-state index is 0.163. The molecule has 0 saturated heterocycles. The molecular formula is C20H19ClN4O3. The highest BCUT2D eigenvalue weighted by molar-refractivity contribution is 6.32. The van der Waals surface area contributed by atoms with Gasteiger partial charge in [0.05, 0.1) is 23.6 Å². The molecule has 3 rings (SSSR count). The number of carbonyl (C=O) groups excluding carboxylic acids is 2. The van der Waals surface area contributed by atoms with Crippen molar-refractivity contribution in [2.45, 2.75) is 20.4 Å². The lowest BCUT2D eigenvalue weighted by Crippen LogP contribution is -2.21. The highest BCUT2D eigenvalue weighted by Crippen LogP contribution is 2.18. The summed E-state index contributed by atoms with van der Waals surface area (Å²) in [7, 11) is 0. The number of amides is 1. The number of benzene rings is 1. The van der Waals surface area contributed by atoms with Gasteiger partial charge in [-0.3, -0.25) is 9.48 Å². The number of ether oxygens (including phenoxy) is 1. The van der Waals surface area contributed by atoms with Crippen molar-refractivity contribution in [3.63, 3.8) is 0 Å². The Balaban J connectivity index is 1.64. The van der Waals surface area contributed by atoms with Gasteiger partial charge in [-0.1, -0.05) is 41.9 Å². The highest BCUT2D eigenvalue weighted by Gasteiger charge is 2.21. The van der Waals surface area contributed by atoms with Crippen LogP contribution in [0.1, 0.15) is 27.3 Å². The first kappa shape index (κ1) is 19.6. The Morgan fingerprint density at radius 2 is 1.89 bits per heavy atom. The summed E-state index contributed by atoms with van der Waals surface area (Å²) >= 11 is 5.89. The van der Waals surface area contributed by atoms with Crippen molar-refractivity contribution < 1.29 is 14.3 Å². The number of nitrogens with one attached hydrogen (secondary N) is 1. The van der Waals surface area contributed by atoms with Gasteiger partial charge in [0.1, 0.15) is 5.56 Å². The quantitative estimate of drug-likeness (QED) is 0.508. The van der Waals surface area contributed by atoms with Crippen LogP contribution in [0.15, 0.2) is 48.7 Å². The summed E-state index contributed by atoms with van der Waals surface area (Å²) < 4.78 is 6.91. The van der Waals surface area contributed by atoms with Crippen LogP contribution >= 0.6 is 11.6 Å². The minimum atomic E-state index is -0.596. The smallest absolute Gasteiger partial charge is 0.342 e. The maximum absolute atomic E-state index is 12.5. The summed E-state index contributed by atoms with van der Waals surface area (Å²) in [5.74, 6) is -1.10. The van der Waals surface area contributed by atoms with E-state index in [4.69, 9.17) is 16.3 Å². The molecule has 7 nitrogen and oxygen atoms in total. The van der Waals surface area contributed by atoms with Gasteiger partial charge in [-0.15, -0.1) is 0 Å².